The maximum atomic E-state index is 12.0. The number of benzene rings is 2. The molecule has 2 amide bonds. The molecule has 0 saturated carbocycles. The molecular weight excluding hydrogens is 413 g/mol. The highest BCUT2D eigenvalue weighted by molar-refractivity contribution is 6.36. The zero-order chi connectivity index (χ0) is 20.4. The van der Waals surface area contributed by atoms with Crippen LogP contribution in [-0.2, 0) is 6.42 Å². The number of aromatic nitrogens is 2. The summed E-state index contributed by atoms with van der Waals surface area (Å²) in [7, 11) is 0. The first-order chi connectivity index (χ1) is 14.0. The van der Waals surface area contributed by atoms with Crippen LogP contribution in [0.5, 0.6) is 0 Å². The van der Waals surface area contributed by atoms with Crippen molar-refractivity contribution in [3.05, 3.63) is 81.1 Å². The van der Waals surface area contributed by atoms with Crippen LogP contribution in [0.3, 0.4) is 0 Å². The van der Waals surface area contributed by atoms with Crippen molar-refractivity contribution in [2.45, 2.75) is 12.5 Å². The van der Waals surface area contributed by atoms with E-state index in [0.717, 1.165) is 16.7 Å². The highest BCUT2D eigenvalue weighted by Crippen LogP contribution is 2.33. The van der Waals surface area contributed by atoms with Gasteiger partial charge < -0.3 is 10.4 Å². The molecule has 29 heavy (non-hydrogen) atoms. The molecule has 0 spiro atoms. The monoisotopic (exact) mass is 429 g/mol. The average molecular weight is 430 g/mol. The number of anilines is 1. The fourth-order valence-electron chi connectivity index (χ4n) is 3.06. The number of aliphatic hydroxyl groups is 1. The molecule has 0 aliphatic carbocycles. The summed E-state index contributed by atoms with van der Waals surface area (Å²) >= 11 is 12.9. The van der Waals surface area contributed by atoms with E-state index in [4.69, 9.17) is 23.2 Å². The second kappa shape index (κ2) is 8.24. The van der Waals surface area contributed by atoms with E-state index < -0.39 is 6.10 Å². The largest absolute Gasteiger partial charge is 0.382 e. The van der Waals surface area contributed by atoms with Crippen LogP contribution in [-0.4, -0.2) is 34.1 Å². The summed E-state index contributed by atoms with van der Waals surface area (Å²) in [6, 6.07) is 12.2. The summed E-state index contributed by atoms with van der Waals surface area (Å²) in [6.07, 6.45) is 2.97. The summed E-state index contributed by atoms with van der Waals surface area (Å²) in [5.41, 5.74) is 3.52. The molecule has 0 bridgehead atoms. The summed E-state index contributed by atoms with van der Waals surface area (Å²) in [5.74, 6) is 0. The Bertz CT molecular complexity index is 1030. The normalized spacial score (nSPS) is 14.7. The van der Waals surface area contributed by atoms with Gasteiger partial charge in [-0.15, -0.1) is 0 Å². The molecule has 2 aromatic carbocycles. The van der Waals surface area contributed by atoms with Crippen LogP contribution in [0.15, 0.2) is 53.8 Å². The highest BCUT2D eigenvalue weighted by Gasteiger charge is 2.20. The number of H-pyrrole nitrogens is 1. The summed E-state index contributed by atoms with van der Waals surface area (Å²) < 4.78 is 0. The minimum atomic E-state index is -0.794. The Morgan fingerprint density at radius 1 is 1.14 bits per heavy atom. The second-order valence-electron chi connectivity index (χ2n) is 6.50. The van der Waals surface area contributed by atoms with Gasteiger partial charge in [0, 0.05) is 28.9 Å². The van der Waals surface area contributed by atoms with Crippen molar-refractivity contribution in [2.24, 2.45) is 5.10 Å². The van der Waals surface area contributed by atoms with Crippen LogP contribution < -0.4 is 10.3 Å². The van der Waals surface area contributed by atoms with Gasteiger partial charge in [-0.2, -0.15) is 15.2 Å². The van der Waals surface area contributed by atoms with Gasteiger partial charge in [0.15, 0.2) is 0 Å². The number of nitrogens with zero attached hydrogens (tertiary/aromatic N) is 3. The second-order valence-corrected chi connectivity index (χ2v) is 7.32. The molecule has 1 aliphatic rings. The van der Waals surface area contributed by atoms with Crippen LogP contribution in [0.2, 0.25) is 10.0 Å². The average Bonchev–Trinajstić information content (AvgIpc) is 3.26. The lowest BCUT2D eigenvalue weighted by Crippen LogP contribution is -2.41. The number of aliphatic hydroxyl groups excluding tert-OH is 1. The third kappa shape index (κ3) is 4.12. The van der Waals surface area contributed by atoms with Crippen molar-refractivity contribution in [1.29, 1.82) is 0 Å². The van der Waals surface area contributed by atoms with E-state index in [0.29, 0.717) is 34.4 Å². The van der Waals surface area contributed by atoms with Gasteiger partial charge >= 0.3 is 6.03 Å². The molecule has 7 nitrogen and oxygen atoms in total. The number of urea groups is 1. The van der Waals surface area contributed by atoms with Gasteiger partial charge in [0.1, 0.15) is 6.10 Å². The van der Waals surface area contributed by atoms with Gasteiger partial charge in [-0.25, -0.2) is 4.79 Å². The summed E-state index contributed by atoms with van der Waals surface area (Å²) in [5, 5.41) is 25.9. The minimum absolute atomic E-state index is 0.335. The quantitative estimate of drug-likeness (QED) is 0.573. The Balaban J connectivity index is 1.54. The number of hydrazone groups is 1. The maximum Gasteiger partial charge on any atom is 0.342 e. The third-order valence-electron chi connectivity index (χ3n) is 4.58. The topological polar surface area (TPSA) is 93.6 Å². The molecule has 3 N–H and O–H groups in total. The lowest BCUT2D eigenvalue weighted by atomic mass is 10.0. The molecule has 9 heteroatoms. The maximum absolute atomic E-state index is 12.0. The standard InChI is InChI=1S/C20H17Cl2N5O2/c21-16-10-14(27-20(29)23-7-8-25-27)11-17(22)15(16)9-12-1-3-13(4-2-12)19(28)18-5-6-24-26-18/h1-6,8,10-11,19,28H,7,9H2,(H,23,29)(H,24,26). The van der Waals surface area contributed by atoms with Crippen LogP contribution in [0.25, 0.3) is 0 Å². The predicted molar refractivity (Wildman–Crippen MR) is 113 cm³/mol. The molecule has 1 unspecified atom stereocenters. The molecule has 0 saturated heterocycles. The number of nitrogens with one attached hydrogen (secondary N) is 2. The van der Waals surface area contributed by atoms with Gasteiger partial charge in [0.05, 0.1) is 17.9 Å². The van der Waals surface area contributed by atoms with Crippen LogP contribution in [0.1, 0.15) is 28.5 Å². The van der Waals surface area contributed by atoms with Crippen molar-refractivity contribution in [2.75, 3.05) is 11.6 Å². The number of hydrogen-bond donors (Lipinski definition) is 3. The fraction of sp³-hybridized carbons (Fsp3) is 0.150. The van der Waals surface area contributed by atoms with Gasteiger partial charge in [-0.1, -0.05) is 47.5 Å². The molecule has 2 heterocycles. The van der Waals surface area contributed by atoms with E-state index in [1.807, 2.05) is 24.3 Å². The van der Waals surface area contributed by atoms with Gasteiger partial charge in [-0.05, 0) is 34.9 Å². The Morgan fingerprint density at radius 3 is 2.48 bits per heavy atom. The summed E-state index contributed by atoms with van der Waals surface area (Å²) in [4.78, 5) is 12.0. The Kier molecular flexibility index (Phi) is 5.53. The third-order valence-corrected chi connectivity index (χ3v) is 5.26. The fourth-order valence-corrected chi connectivity index (χ4v) is 3.67. The SMILES string of the molecule is O=C1NCC=NN1c1cc(Cl)c(Cc2ccc(C(O)c3cc[nH]n3)cc2)c(Cl)c1. The Morgan fingerprint density at radius 2 is 1.86 bits per heavy atom. The zero-order valence-corrected chi connectivity index (χ0v) is 16.7. The van der Waals surface area contributed by atoms with E-state index in [-0.39, 0.29) is 6.03 Å². The summed E-state index contributed by atoms with van der Waals surface area (Å²) in [6.45, 7) is 0.389. The van der Waals surface area contributed by atoms with E-state index >= 15 is 0 Å². The van der Waals surface area contributed by atoms with E-state index in [1.54, 1.807) is 30.6 Å². The number of carbonyl (C=O) groups is 1. The van der Waals surface area contributed by atoms with Gasteiger partial charge in [-0.3, -0.25) is 5.10 Å². The number of halogens is 2. The van der Waals surface area contributed by atoms with E-state index in [1.165, 1.54) is 5.01 Å². The van der Waals surface area contributed by atoms with Crippen molar-refractivity contribution < 1.29 is 9.90 Å². The predicted octanol–water partition coefficient (Wildman–Crippen LogP) is 3.90. The highest BCUT2D eigenvalue weighted by atomic mass is 35.5. The molecular formula is C20H17Cl2N5O2. The van der Waals surface area contributed by atoms with Crippen molar-refractivity contribution in [3.8, 4) is 0 Å². The van der Waals surface area contributed by atoms with Crippen molar-refractivity contribution in [1.82, 2.24) is 15.5 Å². The van der Waals surface area contributed by atoms with Crippen molar-refractivity contribution >= 4 is 41.1 Å². The number of rotatable bonds is 5. The molecule has 148 valence electrons. The Hall–Kier alpha value is -2.87. The zero-order valence-electron chi connectivity index (χ0n) is 15.1. The van der Waals surface area contributed by atoms with Gasteiger partial charge in [0.25, 0.3) is 0 Å². The lowest BCUT2D eigenvalue weighted by molar-refractivity contribution is 0.215. The molecule has 1 aliphatic heterocycles. The molecule has 1 atom stereocenters. The molecule has 1 aromatic heterocycles. The molecule has 3 aromatic rings. The first-order valence-corrected chi connectivity index (χ1v) is 9.63. The van der Waals surface area contributed by atoms with Crippen molar-refractivity contribution in [3.63, 3.8) is 0 Å². The Labute approximate surface area is 176 Å². The number of amides is 2. The number of hydrogen-bond acceptors (Lipinski definition) is 4. The first kappa shape index (κ1) is 19.4. The first-order valence-electron chi connectivity index (χ1n) is 8.88. The van der Waals surface area contributed by atoms with Gasteiger partial charge in [0.2, 0.25) is 0 Å². The number of carbonyl (C=O) groups excluding carboxylic acids is 1. The smallest absolute Gasteiger partial charge is 0.342 e. The molecule has 4 rings (SSSR count). The van der Waals surface area contributed by atoms with E-state index in [2.05, 4.69) is 20.6 Å². The minimum Gasteiger partial charge on any atom is -0.382 e. The van der Waals surface area contributed by atoms with E-state index in [9.17, 15) is 9.90 Å². The lowest BCUT2D eigenvalue weighted by Gasteiger charge is -2.22. The number of aromatic amines is 1. The van der Waals surface area contributed by atoms with Crippen LogP contribution in [0, 0.1) is 0 Å². The van der Waals surface area contributed by atoms with Crippen LogP contribution in [0.4, 0.5) is 10.5 Å². The molecule has 0 fully saturated rings. The van der Waals surface area contributed by atoms with Crippen LogP contribution >= 0.6 is 23.2 Å². The molecule has 0 radical (unpaired) electrons.